The normalized spacial score (nSPS) is 18.4. The van der Waals surface area contributed by atoms with Crippen molar-refractivity contribution in [3.05, 3.63) is 24.8 Å². The number of hydrogen-bond acceptors (Lipinski definition) is 4. The third-order valence-electron chi connectivity index (χ3n) is 3.50. The van der Waals surface area contributed by atoms with Crippen molar-refractivity contribution in [2.45, 2.75) is 12.8 Å². The molecule has 1 saturated heterocycles. The SMILES string of the molecule is COC(=O)[C@H]1CCCN(C(=O)c2cc(I)cc(I)c2O)C1. The molecular formula is C14H15I2NO4. The first kappa shape index (κ1) is 16.8. The Kier molecular flexibility index (Phi) is 5.69. The summed E-state index contributed by atoms with van der Waals surface area (Å²) >= 11 is 4.11. The number of hydrogen-bond donors (Lipinski definition) is 1. The molecule has 0 aromatic heterocycles. The number of phenolic OH excluding ortho intramolecular Hbond substituents is 1. The van der Waals surface area contributed by atoms with E-state index in [1.807, 2.05) is 22.6 Å². The van der Waals surface area contributed by atoms with Gasteiger partial charge in [-0.15, -0.1) is 0 Å². The zero-order valence-electron chi connectivity index (χ0n) is 11.4. The van der Waals surface area contributed by atoms with E-state index in [2.05, 4.69) is 22.6 Å². The van der Waals surface area contributed by atoms with E-state index >= 15 is 0 Å². The number of piperidine rings is 1. The van der Waals surface area contributed by atoms with Crippen LogP contribution in [-0.4, -0.2) is 42.1 Å². The van der Waals surface area contributed by atoms with Gasteiger partial charge >= 0.3 is 5.97 Å². The van der Waals surface area contributed by atoms with E-state index in [9.17, 15) is 14.7 Å². The Balaban J connectivity index is 2.22. The molecule has 1 aliphatic heterocycles. The summed E-state index contributed by atoms with van der Waals surface area (Å²) in [5.41, 5.74) is 0.289. The second-order valence-corrected chi connectivity index (χ2v) is 7.31. The first-order valence-corrected chi connectivity index (χ1v) is 8.65. The summed E-state index contributed by atoms with van der Waals surface area (Å²) < 4.78 is 6.29. The largest absolute Gasteiger partial charge is 0.506 e. The van der Waals surface area contributed by atoms with Gasteiger partial charge in [0.2, 0.25) is 0 Å². The lowest BCUT2D eigenvalue weighted by Crippen LogP contribution is -2.42. The van der Waals surface area contributed by atoms with E-state index in [0.717, 1.165) is 16.4 Å². The van der Waals surface area contributed by atoms with Crippen molar-refractivity contribution in [1.29, 1.82) is 0 Å². The Labute approximate surface area is 150 Å². The van der Waals surface area contributed by atoms with Crippen LogP contribution in [0.2, 0.25) is 0 Å². The number of amides is 1. The lowest BCUT2D eigenvalue weighted by atomic mass is 9.97. The number of carbonyl (C=O) groups is 2. The van der Waals surface area contributed by atoms with Crippen LogP contribution in [0, 0.1) is 13.1 Å². The number of carbonyl (C=O) groups excluding carboxylic acids is 2. The molecule has 1 aliphatic rings. The smallest absolute Gasteiger partial charge is 0.310 e. The van der Waals surface area contributed by atoms with E-state index in [-0.39, 0.29) is 29.1 Å². The summed E-state index contributed by atoms with van der Waals surface area (Å²) in [6.07, 6.45) is 1.49. The van der Waals surface area contributed by atoms with Crippen LogP contribution < -0.4 is 0 Å². The number of rotatable bonds is 2. The molecule has 1 aromatic rings. The highest BCUT2D eigenvalue weighted by molar-refractivity contribution is 14.1. The fourth-order valence-corrected chi connectivity index (χ4v) is 4.26. The number of phenols is 1. The van der Waals surface area contributed by atoms with Crippen LogP contribution in [0.4, 0.5) is 0 Å². The third kappa shape index (κ3) is 3.79. The predicted octanol–water partition coefficient (Wildman–Crippen LogP) is 2.63. The summed E-state index contributed by atoms with van der Waals surface area (Å²) in [7, 11) is 1.36. The first-order chi connectivity index (χ1) is 9.93. The number of likely N-dealkylation sites (tertiary alicyclic amines) is 1. The zero-order valence-corrected chi connectivity index (χ0v) is 15.8. The monoisotopic (exact) mass is 515 g/mol. The van der Waals surface area contributed by atoms with E-state index in [0.29, 0.717) is 16.7 Å². The maximum absolute atomic E-state index is 12.6. The minimum Gasteiger partial charge on any atom is -0.506 e. The number of methoxy groups -OCH3 is 1. The molecule has 2 rings (SSSR count). The molecule has 0 aliphatic carbocycles. The summed E-state index contributed by atoms with van der Waals surface area (Å²) in [5, 5.41) is 10.1. The molecule has 0 saturated carbocycles. The summed E-state index contributed by atoms with van der Waals surface area (Å²) in [5.74, 6) is -0.801. The van der Waals surface area contributed by atoms with Gasteiger partial charge in [0.05, 0.1) is 22.2 Å². The number of aromatic hydroxyl groups is 1. The van der Waals surface area contributed by atoms with Gasteiger partial charge in [0.15, 0.2) is 0 Å². The average Bonchev–Trinajstić information content (AvgIpc) is 2.49. The lowest BCUT2D eigenvalue weighted by molar-refractivity contribution is -0.146. The highest BCUT2D eigenvalue weighted by Crippen LogP contribution is 2.29. The van der Waals surface area contributed by atoms with Crippen molar-refractivity contribution in [3.8, 4) is 5.75 Å². The van der Waals surface area contributed by atoms with Gasteiger partial charge < -0.3 is 14.7 Å². The molecule has 1 atom stereocenters. The number of halogens is 2. The Bertz CT molecular complexity index is 576. The van der Waals surface area contributed by atoms with Crippen LogP contribution in [0.25, 0.3) is 0 Å². The molecule has 5 nitrogen and oxygen atoms in total. The van der Waals surface area contributed by atoms with Crippen LogP contribution >= 0.6 is 45.2 Å². The van der Waals surface area contributed by atoms with Crippen LogP contribution in [0.3, 0.4) is 0 Å². The maximum atomic E-state index is 12.6. The topological polar surface area (TPSA) is 66.8 Å². The quantitative estimate of drug-likeness (QED) is 0.487. The van der Waals surface area contributed by atoms with E-state index in [4.69, 9.17) is 4.74 Å². The van der Waals surface area contributed by atoms with Gasteiger partial charge in [0.25, 0.3) is 5.91 Å². The summed E-state index contributed by atoms with van der Waals surface area (Å²) in [6, 6.07) is 3.48. The zero-order chi connectivity index (χ0) is 15.6. The molecule has 114 valence electrons. The van der Waals surface area contributed by atoms with Gasteiger partial charge in [-0.3, -0.25) is 9.59 Å². The average molecular weight is 515 g/mol. The predicted molar refractivity (Wildman–Crippen MR) is 94.2 cm³/mol. The number of benzene rings is 1. The standard InChI is InChI=1S/C14H15I2NO4/c1-21-14(20)8-3-2-4-17(7-8)13(19)10-5-9(15)6-11(16)12(10)18/h5-6,8,18H,2-4,7H2,1H3/t8-/m0/s1. The minimum atomic E-state index is -0.283. The van der Waals surface area contributed by atoms with E-state index in [1.165, 1.54) is 7.11 Å². The van der Waals surface area contributed by atoms with Crippen LogP contribution in [-0.2, 0) is 9.53 Å². The molecule has 0 radical (unpaired) electrons. The number of ether oxygens (including phenoxy) is 1. The molecule has 1 N–H and O–H groups in total. The van der Waals surface area contributed by atoms with Crippen molar-refractivity contribution in [2.24, 2.45) is 5.92 Å². The second-order valence-electron chi connectivity index (χ2n) is 4.90. The highest BCUT2D eigenvalue weighted by Gasteiger charge is 2.30. The van der Waals surface area contributed by atoms with Gasteiger partial charge in [-0.2, -0.15) is 0 Å². The molecule has 0 spiro atoms. The Morgan fingerprint density at radius 2 is 2.10 bits per heavy atom. The fourth-order valence-electron chi connectivity index (χ4n) is 2.42. The molecule has 21 heavy (non-hydrogen) atoms. The highest BCUT2D eigenvalue weighted by atomic mass is 127. The Hall–Kier alpha value is -0.580. The van der Waals surface area contributed by atoms with Gasteiger partial charge in [-0.1, -0.05) is 0 Å². The third-order valence-corrected chi connectivity index (χ3v) is 4.95. The molecular weight excluding hydrogens is 500 g/mol. The Morgan fingerprint density at radius 1 is 1.38 bits per heavy atom. The van der Waals surface area contributed by atoms with Crippen molar-refractivity contribution in [2.75, 3.05) is 20.2 Å². The molecule has 0 unspecified atom stereocenters. The molecule has 0 bridgehead atoms. The maximum Gasteiger partial charge on any atom is 0.310 e. The molecule has 1 aromatic carbocycles. The molecule has 1 amide bonds. The number of esters is 1. The number of nitrogens with zero attached hydrogens (tertiary/aromatic N) is 1. The molecule has 1 heterocycles. The molecule has 1 fully saturated rings. The first-order valence-electron chi connectivity index (χ1n) is 6.49. The van der Waals surface area contributed by atoms with Gasteiger partial charge in [-0.05, 0) is 70.2 Å². The van der Waals surface area contributed by atoms with Gasteiger partial charge in [-0.25, -0.2) is 0 Å². The lowest BCUT2D eigenvalue weighted by Gasteiger charge is -2.31. The summed E-state index contributed by atoms with van der Waals surface area (Å²) in [4.78, 5) is 25.8. The van der Waals surface area contributed by atoms with Crippen molar-refractivity contribution >= 4 is 57.1 Å². The minimum absolute atomic E-state index is 0.00112. The van der Waals surface area contributed by atoms with Gasteiger partial charge in [0.1, 0.15) is 5.75 Å². The van der Waals surface area contributed by atoms with Crippen molar-refractivity contribution in [3.63, 3.8) is 0 Å². The van der Waals surface area contributed by atoms with Crippen LogP contribution in [0.15, 0.2) is 12.1 Å². The van der Waals surface area contributed by atoms with Crippen LogP contribution in [0.5, 0.6) is 5.75 Å². The fraction of sp³-hybridized carbons (Fsp3) is 0.429. The van der Waals surface area contributed by atoms with Crippen LogP contribution in [0.1, 0.15) is 23.2 Å². The van der Waals surface area contributed by atoms with Crippen molar-refractivity contribution < 1.29 is 19.4 Å². The second kappa shape index (κ2) is 7.12. The van der Waals surface area contributed by atoms with E-state index < -0.39 is 0 Å². The Morgan fingerprint density at radius 3 is 2.76 bits per heavy atom. The molecule has 7 heteroatoms. The summed E-state index contributed by atoms with van der Waals surface area (Å²) in [6.45, 7) is 0.931. The van der Waals surface area contributed by atoms with Crippen molar-refractivity contribution in [1.82, 2.24) is 4.90 Å². The van der Waals surface area contributed by atoms with E-state index in [1.54, 1.807) is 17.0 Å². The van der Waals surface area contributed by atoms with Gasteiger partial charge in [0, 0.05) is 16.7 Å².